The van der Waals surface area contributed by atoms with Crippen molar-refractivity contribution < 1.29 is 0 Å². The van der Waals surface area contributed by atoms with Crippen molar-refractivity contribution in [3.8, 4) is 0 Å². The molecule has 1 rings (SSSR count). The normalized spacial score (nSPS) is 14.3. The molecule has 0 amide bonds. The molecule has 14 heavy (non-hydrogen) atoms. The Morgan fingerprint density at radius 1 is 1.21 bits per heavy atom. The van der Waals surface area contributed by atoms with Crippen LogP contribution in [0.5, 0.6) is 0 Å². The Morgan fingerprint density at radius 2 is 1.71 bits per heavy atom. The molecule has 0 radical (unpaired) electrons. The molecule has 0 aliphatic heterocycles. The van der Waals surface area contributed by atoms with E-state index in [2.05, 4.69) is 45.0 Å². The van der Waals surface area contributed by atoms with Crippen LogP contribution in [0.2, 0.25) is 0 Å². The van der Waals surface area contributed by atoms with Gasteiger partial charge in [0, 0.05) is 6.04 Å². The lowest BCUT2D eigenvalue weighted by molar-refractivity contribution is 0.457. The Bertz CT molecular complexity index is 256. The SMILES string of the molecule is CCC(C)[C@H](N)c1ccc(C)cc1.Cl. The van der Waals surface area contributed by atoms with Gasteiger partial charge < -0.3 is 5.73 Å². The number of hydrogen-bond acceptors (Lipinski definition) is 1. The average Bonchev–Trinajstić information content (AvgIpc) is 2.17. The van der Waals surface area contributed by atoms with E-state index in [0.29, 0.717) is 5.92 Å². The quantitative estimate of drug-likeness (QED) is 0.818. The van der Waals surface area contributed by atoms with Gasteiger partial charge in [0.15, 0.2) is 0 Å². The molecule has 1 nitrogen and oxygen atoms in total. The van der Waals surface area contributed by atoms with E-state index in [0.717, 1.165) is 6.42 Å². The first-order valence-electron chi connectivity index (χ1n) is 4.97. The van der Waals surface area contributed by atoms with E-state index in [4.69, 9.17) is 5.73 Å². The molecule has 0 saturated carbocycles. The fraction of sp³-hybridized carbons (Fsp3) is 0.500. The predicted octanol–water partition coefficient (Wildman–Crippen LogP) is 3.46. The summed E-state index contributed by atoms with van der Waals surface area (Å²) in [4.78, 5) is 0. The van der Waals surface area contributed by atoms with Gasteiger partial charge in [-0.15, -0.1) is 12.4 Å². The number of hydrogen-bond donors (Lipinski definition) is 1. The molecular weight excluding hydrogens is 194 g/mol. The van der Waals surface area contributed by atoms with Crippen LogP contribution in [0.1, 0.15) is 37.4 Å². The van der Waals surface area contributed by atoms with Gasteiger partial charge in [0.2, 0.25) is 0 Å². The Kier molecular flexibility index (Phi) is 5.82. The number of aryl methyl sites for hydroxylation is 1. The van der Waals surface area contributed by atoms with E-state index in [1.165, 1.54) is 11.1 Å². The first kappa shape index (κ1) is 13.5. The Morgan fingerprint density at radius 3 is 2.14 bits per heavy atom. The third-order valence-corrected chi connectivity index (χ3v) is 2.72. The zero-order valence-electron chi connectivity index (χ0n) is 9.16. The Balaban J connectivity index is 0.00000169. The molecule has 0 fully saturated rings. The lowest BCUT2D eigenvalue weighted by Crippen LogP contribution is -2.18. The van der Waals surface area contributed by atoms with Crippen molar-refractivity contribution in [2.24, 2.45) is 11.7 Å². The summed E-state index contributed by atoms with van der Waals surface area (Å²) in [6, 6.07) is 8.69. The minimum atomic E-state index is 0. The van der Waals surface area contributed by atoms with Crippen LogP contribution in [-0.2, 0) is 0 Å². The van der Waals surface area contributed by atoms with Crippen LogP contribution >= 0.6 is 12.4 Å². The number of nitrogens with two attached hydrogens (primary N) is 1. The summed E-state index contributed by atoms with van der Waals surface area (Å²) in [5.74, 6) is 0.558. The van der Waals surface area contributed by atoms with Gasteiger partial charge in [0.25, 0.3) is 0 Å². The molecule has 0 aliphatic rings. The fourth-order valence-electron chi connectivity index (χ4n) is 1.37. The van der Waals surface area contributed by atoms with Crippen molar-refractivity contribution in [3.05, 3.63) is 35.4 Å². The van der Waals surface area contributed by atoms with E-state index in [1.54, 1.807) is 0 Å². The largest absolute Gasteiger partial charge is 0.324 e. The third-order valence-electron chi connectivity index (χ3n) is 2.72. The molecule has 0 bridgehead atoms. The summed E-state index contributed by atoms with van der Waals surface area (Å²) in [5, 5.41) is 0. The molecular formula is C12H20ClN. The van der Waals surface area contributed by atoms with Crippen LogP contribution in [-0.4, -0.2) is 0 Å². The van der Waals surface area contributed by atoms with E-state index in [1.807, 2.05) is 0 Å². The van der Waals surface area contributed by atoms with E-state index in [9.17, 15) is 0 Å². The molecule has 0 aliphatic carbocycles. The maximum atomic E-state index is 6.10. The lowest BCUT2D eigenvalue weighted by Gasteiger charge is -2.18. The van der Waals surface area contributed by atoms with Gasteiger partial charge in [0.1, 0.15) is 0 Å². The first-order chi connectivity index (χ1) is 6.15. The van der Waals surface area contributed by atoms with Gasteiger partial charge in [-0.3, -0.25) is 0 Å². The molecule has 0 saturated heterocycles. The molecule has 2 atom stereocenters. The number of rotatable bonds is 3. The van der Waals surface area contributed by atoms with Crippen LogP contribution in [0.3, 0.4) is 0 Å². The second-order valence-electron chi connectivity index (χ2n) is 3.82. The highest BCUT2D eigenvalue weighted by molar-refractivity contribution is 5.85. The smallest absolute Gasteiger partial charge is 0.0320 e. The summed E-state index contributed by atoms with van der Waals surface area (Å²) in [6.45, 7) is 6.47. The third kappa shape index (κ3) is 3.32. The van der Waals surface area contributed by atoms with Gasteiger partial charge >= 0.3 is 0 Å². The predicted molar refractivity (Wildman–Crippen MR) is 64.8 cm³/mol. The molecule has 1 unspecified atom stereocenters. The maximum Gasteiger partial charge on any atom is 0.0320 e. The average molecular weight is 214 g/mol. The summed E-state index contributed by atoms with van der Waals surface area (Å²) < 4.78 is 0. The van der Waals surface area contributed by atoms with Crippen LogP contribution < -0.4 is 5.73 Å². The summed E-state index contributed by atoms with van der Waals surface area (Å²) >= 11 is 0. The van der Waals surface area contributed by atoms with Gasteiger partial charge in [-0.2, -0.15) is 0 Å². The monoisotopic (exact) mass is 213 g/mol. The van der Waals surface area contributed by atoms with E-state index >= 15 is 0 Å². The fourth-order valence-corrected chi connectivity index (χ4v) is 1.37. The molecule has 1 aromatic rings. The summed E-state index contributed by atoms with van der Waals surface area (Å²) in [6.07, 6.45) is 1.13. The first-order valence-corrected chi connectivity index (χ1v) is 4.97. The molecule has 0 spiro atoms. The molecule has 0 aromatic heterocycles. The minimum absolute atomic E-state index is 0. The van der Waals surface area contributed by atoms with Crippen molar-refractivity contribution in [1.29, 1.82) is 0 Å². The highest BCUT2D eigenvalue weighted by Gasteiger charge is 2.11. The zero-order valence-corrected chi connectivity index (χ0v) is 9.97. The molecule has 80 valence electrons. The van der Waals surface area contributed by atoms with Crippen LogP contribution in [0.4, 0.5) is 0 Å². The van der Waals surface area contributed by atoms with Gasteiger partial charge in [0.05, 0.1) is 0 Å². The van der Waals surface area contributed by atoms with Crippen molar-refractivity contribution in [3.63, 3.8) is 0 Å². The van der Waals surface area contributed by atoms with Crippen LogP contribution in [0.25, 0.3) is 0 Å². The van der Waals surface area contributed by atoms with Gasteiger partial charge in [-0.05, 0) is 18.4 Å². The second kappa shape index (κ2) is 6.05. The second-order valence-corrected chi connectivity index (χ2v) is 3.82. The van der Waals surface area contributed by atoms with Crippen molar-refractivity contribution >= 4 is 12.4 Å². The number of benzene rings is 1. The molecule has 1 aromatic carbocycles. The molecule has 2 heteroatoms. The zero-order chi connectivity index (χ0) is 9.84. The van der Waals surface area contributed by atoms with Crippen LogP contribution in [0.15, 0.2) is 24.3 Å². The highest BCUT2D eigenvalue weighted by atomic mass is 35.5. The van der Waals surface area contributed by atoms with E-state index < -0.39 is 0 Å². The van der Waals surface area contributed by atoms with Crippen molar-refractivity contribution in [2.45, 2.75) is 33.2 Å². The van der Waals surface area contributed by atoms with Crippen molar-refractivity contribution in [2.75, 3.05) is 0 Å². The van der Waals surface area contributed by atoms with Gasteiger partial charge in [-0.25, -0.2) is 0 Å². The van der Waals surface area contributed by atoms with Crippen LogP contribution in [0, 0.1) is 12.8 Å². The minimum Gasteiger partial charge on any atom is -0.324 e. The summed E-state index contributed by atoms with van der Waals surface area (Å²) in [7, 11) is 0. The Labute approximate surface area is 93.1 Å². The topological polar surface area (TPSA) is 26.0 Å². The number of halogens is 1. The standard InChI is InChI=1S/C12H19N.ClH/c1-4-10(3)12(13)11-7-5-9(2)6-8-11;/h5-8,10,12H,4,13H2,1-3H3;1H/t10?,12-;/m0./s1. The van der Waals surface area contributed by atoms with Crippen molar-refractivity contribution in [1.82, 2.24) is 0 Å². The Hall–Kier alpha value is -0.530. The maximum absolute atomic E-state index is 6.10. The molecule has 2 N–H and O–H groups in total. The van der Waals surface area contributed by atoms with E-state index in [-0.39, 0.29) is 18.4 Å². The van der Waals surface area contributed by atoms with Gasteiger partial charge in [-0.1, -0.05) is 50.1 Å². The highest BCUT2D eigenvalue weighted by Crippen LogP contribution is 2.21. The molecule has 0 heterocycles. The summed E-state index contributed by atoms with van der Waals surface area (Å²) in [5.41, 5.74) is 8.64. The lowest BCUT2D eigenvalue weighted by atomic mass is 9.93.